The lowest BCUT2D eigenvalue weighted by molar-refractivity contribution is -0.107. The van der Waals surface area contributed by atoms with Gasteiger partial charge in [-0.15, -0.1) is 0 Å². The van der Waals surface area contributed by atoms with Crippen molar-refractivity contribution in [1.29, 1.82) is 0 Å². The zero-order valence-electron chi connectivity index (χ0n) is 23.0. The third kappa shape index (κ3) is 14.0. The van der Waals surface area contributed by atoms with Crippen molar-refractivity contribution in [1.82, 2.24) is 9.55 Å². The van der Waals surface area contributed by atoms with Crippen LogP contribution in [-0.4, -0.2) is 85.7 Å². The quantitative estimate of drug-likeness (QED) is 0.0429. The molecule has 8 N–H and O–H groups in total. The summed E-state index contributed by atoms with van der Waals surface area (Å²) in [6.45, 7) is 3.52. The fourth-order valence-corrected chi connectivity index (χ4v) is 8.21. The molecule has 1 saturated heterocycles. The van der Waals surface area contributed by atoms with Gasteiger partial charge >= 0.3 is 29.2 Å². The topological polar surface area (TPSA) is 284 Å². The average molecular weight is 715 g/mol. The summed E-state index contributed by atoms with van der Waals surface area (Å²) in [6.07, 6.45) is -1.88. The van der Waals surface area contributed by atoms with Gasteiger partial charge in [0.05, 0.1) is 18.3 Å². The van der Waals surface area contributed by atoms with Crippen LogP contribution < -0.4 is 17.2 Å². The molecule has 5 atom stereocenters. The van der Waals surface area contributed by atoms with Gasteiger partial charge in [-0.1, -0.05) is 33.4 Å². The lowest BCUT2D eigenvalue weighted by Gasteiger charge is -2.21. The molecule has 1 aromatic heterocycles. The van der Waals surface area contributed by atoms with Crippen LogP contribution in [0.4, 0.5) is 5.82 Å². The van der Waals surface area contributed by atoms with E-state index >= 15 is 0 Å². The third-order valence-electron chi connectivity index (χ3n) is 4.99. The molecule has 2 unspecified atom stereocenters. The Balaban J connectivity index is 2.10. The fraction of sp³-hybridized carbons (Fsp3) is 0.684. The average Bonchev–Trinajstić information content (AvgIpc) is 3.27. The van der Waals surface area contributed by atoms with E-state index in [1.54, 1.807) is 10.8 Å². The summed E-state index contributed by atoms with van der Waals surface area (Å²) < 4.78 is 69.1. The van der Waals surface area contributed by atoms with Crippen LogP contribution in [0.2, 0.25) is 0 Å². The SMILES string of the molecule is COCO[C@@H]1C[C@H](n2cc(C#CCOCSSC(C)(C)CN)c(N)nc2=O)O[C@@H]1COP(=O)(O)OP(=O)(O)OP(=O)(O)O. The van der Waals surface area contributed by atoms with Crippen molar-refractivity contribution in [2.45, 2.75) is 43.5 Å². The summed E-state index contributed by atoms with van der Waals surface area (Å²) in [5, 5.41) is 0. The maximum absolute atomic E-state index is 12.6. The summed E-state index contributed by atoms with van der Waals surface area (Å²) >= 11 is 0. The Morgan fingerprint density at radius 2 is 1.91 bits per heavy atom. The van der Waals surface area contributed by atoms with Crippen molar-refractivity contribution >= 4 is 50.9 Å². The van der Waals surface area contributed by atoms with E-state index in [1.165, 1.54) is 24.1 Å². The number of aromatic nitrogens is 2. The first-order valence-electron chi connectivity index (χ1n) is 11.9. The lowest BCUT2D eigenvalue weighted by atomic mass is 10.2. The van der Waals surface area contributed by atoms with E-state index in [2.05, 4.69) is 30.0 Å². The van der Waals surface area contributed by atoms with Gasteiger partial charge in [0.15, 0.2) is 0 Å². The van der Waals surface area contributed by atoms with Crippen molar-refractivity contribution in [3.63, 3.8) is 0 Å². The highest BCUT2D eigenvalue weighted by Crippen LogP contribution is 2.66. The Hall–Kier alpha value is -0.850. The van der Waals surface area contributed by atoms with Crippen LogP contribution in [0.3, 0.4) is 0 Å². The number of phosphoric ester groups is 1. The standard InChI is InChI=1S/C19H33N4O15P3S2/c1-19(2,10-20)43-42-12-33-6-4-5-13-8-23(18(24)22-17(13)21)16-7-14(34-11-32-3)15(36-16)9-35-40(28,29)38-41(30,31)37-39(25,26)27/h8,14-16H,6-7,9-12,20H2,1-3H3,(H,28,29)(H,30,31)(H2,21,22,24)(H2,25,26,27)/t14-,15-,16-/m1/s1. The van der Waals surface area contributed by atoms with E-state index in [1.807, 2.05) is 13.8 Å². The minimum atomic E-state index is -5.72. The largest absolute Gasteiger partial charge is 0.490 e. The summed E-state index contributed by atoms with van der Waals surface area (Å²) in [7, 11) is -12.3. The molecule has 2 rings (SSSR count). The number of nitrogens with two attached hydrogens (primary N) is 2. The van der Waals surface area contributed by atoms with E-state index in [0.29, 0.717) is 12.5 Å². The number of phosphoric acid groups is 3. The first-order valence-corrected chi connectivity index (χ1v) is 18.7. The molecule has 246 valence electrons. The predicted molar refractivity (Wildman–Crippen MR) is 154 cm³/mol. The van der Waals surface area contributed by atoms with Crippen LogP contribution >= 0.6 is 45.1 Å². The molecular weight excluding hydrogens is 681 g/mol. The van der Waals surface area contributed by atoms with Crippen LogP contribution in [0.15, 0.2) is 11.0 Å². The van der Waals surface area contributed by atoms with E-state index in [4.69, 9.17) is 40.2 Å². The van der Waals surface area contributed by atoms with Gasteiger partial charge in [0.1, 0.15) is 37.5 Å². The monoisotopic (exact) mass is 714 g/mol. The highest BCUT2D eigenvalue weighted by Gasteiger charge is 2.43. The third-order valence-corrected chi connectivity index (χ3v) is 11.8. The van der Waals surface area contributed by atoms with Crippen molar-refractivity contribution in [2.75, 3.05) is 45.3 Å². The molecule has 0 amide bonds. The van der Waals surface area contributed by atoms with Crippen molar-refractivity contribution < 1.29 is 65.4 Å². The number of nitrogen functional groups attached to an aromatic ring is 1. The molecule has 0 spiro atoms. The van der Waals surface area contributed by atoms with E-state index in [-0.39, 0.29) is 35.9 Å². The minimum absolute atomic E-state index is 0.0245. The van der Waals surface area contributed by atoms with Gasteiger partial charge in [-0.2, -0.15) is 13.6 Å². The molecule has 24 heteroatoms. The van der Waals surface area contributed by atoms with Gasteiger partial charge in [0.2, 0.25) is 0 Å². The van der Waals surface area contributed by atoms with E-state index in [0.717, 1.165) is 4.57 Å². The lowest BCUT2D eigenvalue weighted by Crippen LogP contribution is -2.30. The van der Waals surface area contributed by atoms with Crippen LogP contribution in [0.25, 0.3) is 0 Å². The fourth-order valence-electron chi connectivity index (χ4n) is 3.08. The van der Waals surface area contributed by atoms with Crippen molar-refractivity contribution in [2.24, 2.45) is 5.73 Å². The molecule has 1 fully saturated rings. The molecule has 2 heterocycles. The van der Waals surface area contributed by atoms with Gasteiger partial charge in [-0.05, 0) is 13.8 Å². The molecule has 0 aliphatic carbocycles. The van der Waals surface area contributed by atoms with Crippen LogP contribution in [0.5, 0.6) is 0 Å². The summed E-state index contributed by atoms with van der Waals surface area (Å²) in [5.41, 5.74) is 10.9. The van der Waals surface area contributed by atoms with Gasteiger partial charge in [-0.3, -0.25) is 9.09 Å². The number of hydrogen-bond acceptors (Lipinski definition) is 16. The first-order chi connectivity index (χ1) is 19.9. The number of hydrogen-bond donors (Lipinski definition) is 6. The molecule has 1 aromatic rings. The second kappa shape index (κ2) is 16.6. The van der Waals surface area contributed by atoms with Gasteiger partial charge in [0, 0.05) is 31.0 Å². The molecule has 0 saturated carbocycles. The Morgan fingerprint density at radius 3 is 2.53 bits per heavy atom. The van der Waals surface area contributed by atoms with Gasteiger partial charge in [0.25, 0.3) is 0 Å². The maximum atomic E-state index is 12.6. The molecule has 1 aliphatic heterocycles. The first kappa shape index (κ1) is 38.3. The Bertz CT molecular complexity index is 1350. The number of methoxy groups -OCH3 is 1. The number of anilines is 1. The van der Waals surface area contributed by atoms with E-state index in [9.17, 15) is 28.3 Å². The number of ether oxygens (including phenoxy) is 4. The van der Waals surface area contributed by atoms with Gasteiger partial charge < -0.3 is 50.0 Å². The molecule has 0 bridgehead atoms. The Labute approximate surface area is 254 Å². The smallest absolute Gasteiger partial charge is 0.382 e. The Kier molecular flexibility index (Phi) is 14.8. The highest BCUT2D eigenvalue weighted by molar-refractivity contribution is 8.77. The maximum Gasteiger partial charge on any atom is 0.490 e. The molecule has 0 aromatic carbocycles. The normalized spacial score (nSPS) is 22.0. The zero-order valence-corrected chi connectivity index (χ0v) is 27.4. The summed E-state index contributed by atoms with van der Waals surface area (Å²) in [4.78, 5) is 52.8. The second-order valence-corrected chi connectivity index (χ2v) is 16.4. The number of nitrogens with zero attached hydrogens (tertiary/aromatic N) is 2. The van der Waals surface area contributed by atoms with Gasteiger partial charge in [-0.25, -0.2) is 18.5 Å². The molecule has 19 nitrogen and oxygen atoms in total. The molecular formula is C19H33N4O15P3S2. The zero-order chi connectivity index (χ0) is 32.5. The second-order valence-electron chi connectivity index (χ2n) is 9.03. The summed E-state index contributed by atoms with van der Waals surface area (Å²) in [5.74, 6) is 5.76. The van der Waals surface area contributed by atoms with Crippen molar-refractivity contribution in [3.8, 4) is 11.8 Å². The predicted octanol–water partition coefficient (Wildman–Crippen LogP) is 0.890. The van der Waals surface area contributed by atoms with Crippen molar-refractivity contribution in [3.05, 3.63) is 22.2 Å². The molecule has 0 radical (unpaired) electrons. The number of rotatable bonds is 17. The molecule has 43 heavy (non-hydrogen) atoms. The highest BCUT2D eigenvalue weighted by atomic mass is 33.1. The van der Waals surface area contributed by atoms with E-state index < -0.39 is 54.2 Å². The van der Waals surface area contributed by atoms with Crippen LogP contribution in [0.1, 0.15) is 32.1 Å². The van der Waals surface area contributed by atoms with Crippen LogP contribution in [0, 0.1) is 11.8 Å². The summed E-state index contributed by atoms with van der Waals surface area (Å²) in [6, 6.07) is 0. The Morgan fingerprint density at radius 1 is 1.21 bits per heavy atom. The van der Waals surface area contributed by atoms with Crippen LogP contribution in [-0.2, 0) is 45.8 Å². The minimum Gasteiger partial charge on any atom is -0.382 e. The molecule has 1 aliphatic rings.